The molecule has 2 aliphatic rings. The van der Waals surface area contributed by atoms with Crippen LogP contribution in [-0.4, -0.2) is 42.0 Å². The summed E-state index contributed by atoms with van der Waals surface area (Å²) in [6.07, 6.45) is 3.97. The van der Waals surface area contributed by atoms with Gasteiger partial charge in [0.25, 0.3) is 0 Å². The molecule has 9 heteroatoms. The minimum Gasteiger partial charge on any atom is -0.301 e. The fourth-order valence-electron chi connectivity index (χ4n) is 3.69. The maximum atomic E-state index is 13.0. The van der Waals surface area contributed by atoms with Gasteiger partial charge in [0.2, 0.25) is 15.9 Å². The van der Waals surface area contributed by atoms with Crippen LogP contribution in [-0.2, 0) is 21.2 Å². The summed E-state index contributed by atoms with van der Waals surface area (Å²) >= 11 is 1.18. The second kappa shape index (κ2) is 7.73. The van der Waals surface area contributed by atoms with Crippen LogP contribution >= 0.6 is 11.3 Å². The number of carbonyl (C=O) groups is 2. The lowest BCUT2D eigenvalue weighted by Crippen LogP contribution is -2.49. The maximum absolute atomic E-state index is 13.0. The first-order chi connectivity index (χ1) is 13.5. The van der Waals surface area contributed by atoms with Crippen LogP contribution in [0.2, 0.25) is 0 Å². The Labute approximate surface area is 167 Å². The zero-order chi connectivity index (χ0) is 19.7. The van der Waals surface area contributed by atoms with E-state index in [0.29, 0.717) is 29.4 Å². The highest BCUT2D eigenvalue weighted by Gasteiger charge is 2.38. The van der Waals surface area contributed by atoms with Gasteiger partial charge in [0, 0.05) is 13.0 Å². The summed E-state index contributed by atoms with van der Waals surface area (Å²) in [7, 11) is -3.76. The Kier molecular flexibility index (Phi) is 5.31. The molecule has 0 bridgehead atoms. The molecule has 2 heterocycles. The Bertz CT molecular complexity index is 1000. The van der Waals surface area contributed by atoms with Gasteiger partial charge in [-0.05, 0) is 37.8 Å². The molecule has 0 spiro atoms. The lowest BCUT2D eigenvalue weighted by atomic mass is 10.0. The molecule has 1 aromatic carbocycles. The van der Waals surface area contributed by atoms with Crippen molar-refractivity contribution in [1.82, 2.24) is 9.29 Å². The zero-order valence-electron chi connectivity index (χ0n) is 15.3. The van der Waals surface area contributed by atoms with Crippen LogP contribution < -0.4 is 5.32 Å². The second-order valence-electron chi connectivity index (χ2n) is 7.00. The maximum Gasteiger partial charge on any atom is 0.244 e. The average molecular weight is 420 g/mol. The Morgan fingerprint density at radius 1 is 1.14 bits per heavy atom. The minimum absolute atomic E-state index is 0.0604. The molecule has 1 N–H and O–H groups in total. The number of benzene rings is 1. The van der Waals surface area contributed by atoms with Crippen LogP contribution in [0, 0.1) is 0 Å². The average Bonchev–Trinajstić information content (AvgIpc) is 3.12. The van der Waals surface area contributed by atoms with Crippen LogP contribution in [0.1, 0.15) is 47.5 Å². The van der Waals surface area contributed by atoms with E-state index in [-0.39, 0.29) is 10.7 Å². The second-order valence-corrected chi connectivity index (χ2v) is 9.89. The van der Waals surface area contributed by atoms with Gasteiger partial charge in [0.15, 0.2) is 10.9 Å². The van der Waals surface area contributed by atoms with Gasteiger partial charge in [0.1, 0.15) is 6.04 Å². The van der Waals surface area contributed by atoms with E-state index in [1.165, 1.54) is 15.6 Å². The van der Waals surface area contributed by atoms with Gasteiger partial charge < -0.3 is 5.32 Å². The van der Waals surface area contributed by atoms with Crippen LogP contribution in [0.15, 0.2) is 35.2 Å². The number of piperidine rings is 1. The first-order valence-electron chi connectivity index (χ1n) is 9.37. The Morgan fingerprint density at radius 3 is 2.68 bits per heavy atom. The molecule has 2 aromatic rings. The van der Waals surface area contributed by atoms with E-state index in [2.05, 4.69) is 10.3 Å². The van der Waals surface area contributed by atoms with Crippen molar-refractivity contribution in [1.29, 1.82) is 0 Å². The molecule has 4 rings (SSSR count). The fourth-order valence-corrected chi connectivity index (χ4v) is 6.35. The van der Waals surface area contributed by atoms with Gasteiger partial charge in [-0.3, -0.25) is 9.59 Å². The van der Waals surface area contributed by atoms with Gasteiger partial charge in [-0.1, -0.05) is 36.0 Å². The largest absolute Gasteiger partial charge is 0.301 e. The van der Waals surface area contributed by atoms with E-state index in [0.717, 1.165) is 31.4 Å². The van der Waals surface area contributed by atoms with Gasteiger partial charge in [-0.15, -0.1) is 0 Å². The molecule has 1 aromatic heterocycles. The van der Waals surface area contributed by atoms with Crippen LogP contribution in [0.4, 0.5) is 5.13 Å². The van der Waals surface area contributed by atoms with Crippen LogP contribution in [0.3, 0.4) is 0 Å². The monoisotopic (exact) mass is 419 g/mol. The predicted octanol–water partition coefficient (Wildman–Crippen LogP) is 2.84. The number of rotatable bonds is 4. The quantitative estimate of drug-likeness (QED) is 0.822. The molecule has 1 amide bonds. The smallest absolute Gasteiger partial charge is 0.244 e. The number of amides is 1. The molecule has 1 aliphatic carbocycles. The van der Waals surface area contributed by atoms with Crippen molar-refractivity contribution in [2.24, 2.45) is 0 Å². The van der Waals surface area contributed by atoms with Crippen molar-refractivity contribution < 1.29 is 18.0 Å². The molecule has 1 unspecified atom stereocenters. The molecule has 1 atom stereocenters. The number of aryl methyl sites for hydroxylation is 1. The van der Waals surface area contributed by atoms with Gasteiger partial charge in [0.05, 0.1) is 15.5 Å². The van der Waals surface area contributed by atoms with Crippen LogP contribution in [0.25, 0.3) is 0 Å². The number of sulfonamides is 1. The van der Waals surface area contributed by atoms with E-state index in [1.54, 1.807) is 30.3 Å². The summed E-state index contributed by atoms with van der Waals surface area (Å²) in [5.74, 6) is -0.331. The number of anilines is 1. The van der Waals surface area contributed by atoms with E-state index < -0.39 is 22.0 Å². The SMILES string of the molecule is O=C1CCCc2nc(NC(=O)C3CCCCN3S(=O)(=O)c3ccccc3)sc21. The number of hydrogen-bond donors (Lipinski definition) is 1. The molecule has 0 saturated carbocycles. The molecule has 148 valence electrons. The Hall–Kier alpha value is -2.10. The third-order valence-electron chi connectivity index (χ3n) is 5.10. The van der Waals surface area contributed by atoms with E-state index in [4.69, 9.17) is 0 Å². The molecule has 28 heavy (non-hydrogen) atoms. The Morgan fingerprint density at radius 2 is 1.93 bits per heavy atom. The first-order valence-corrected chi connectivity index (χ1v) is 11.6. The predicted molar refractivity (Wildman–Crippen MR) is 106 cm³/mol. The third-order valence-corrected chi connectivity index (χ3v) is 8.08. The third kappa shape index (κ3) is 3.61. The highest BCUT2D eigenvalue weighted by molar-refractivity contribution is 7.89. The summed E-state index contributed by atoms with van der Waals surface area (Å²) in [6, 6.07) is 7.39. The van der Waals surface area contributed by atoms with E-state index in [9.17, 15) is 18.0 Å². The van der Waals surface area contributed by atoms with Gasteiger partial charge >= 0.3 is 0 Å². The van der Waals surface area contributed by atoms with Gasteiger partial charge in [-0.25, -0.2) is 13.4 Å². The lowest BCUT2D eigenvalue weighted by Gasteiger charge is -2.33. The number of thiazole rings is 1. The number of ketones is 1. The molecule has 1 fully saturated rings. The summed E-state index contributed by atoms with van der Waals surface area (Å²) in [5, 5.41) is 3.12. The number of aromatic nitrogens is 1. The fraction of sp³-hybridized carbons (Fsp3) is 0.421. The molecular formula is C19H21N3O4S2. The summed E-state index contributed by atoms with van der Waals surface area (Å²) < 4.78 is 27.4. The number of nitrogens with zero attached hydrogens (tertiary/aromatic N) is 2. The van der Waals surface area contributed by atoms with Crippen molar-refractivity contribution in [2.75, 3.05) is 11.9 Å². The van der Waals surface area contributed by atoms with Crippen molar-refractivity contribution >= 4 is 38.2 Å². The number of fused-ring (bicyclic) bond motifs is 1. The normalized spacial score (nSPS) is 20.6. The summed E-state index contributed by atoms with van der Waals surface area (Å²) in [4.78, 5) is 30.1. The molecule has 0 radical (unpaired) electrons. The highest BCUT2D eigenvalue weighted by Crippen LogP contribution is 2.31. The molecule has 7 nitrogen and oxygen atoms in total. The standard InChI is InChI=1S/C19H21N3O4S2/c23-16-11-6-9-14-17(16)27-19(20-14)21-18(24)15-10-4-5-12-22(15)28(25,26)13-7-2-1-3-8-13/h1-3,7-8,15H,4-6,9-12H2,(H,20,21,24). The number of carbonyl (C=O) groups excluding carboxylic acids is 2. The van der Waals surface area contributed by atoms with E-state index in [1.807, 2.05) is 0 Å². The number of hydrogen-bond acceptors (Lipinski definition) is 6. The van der Waals surface area contributed by atoms with Crippen LogP contribution in [0.5, 0.6) is 0 Å². The topological polar surface area (TPSA) is 96.4 Å². The zero-order valence-corrected chi connectivity index (χ0v) is 16.9. The van der Waals surface area contributed by atoms with Crippen molar-refractivity contribution in [3.63, 3.8) is 0 Å². The molecule has 1 saturated heterocycles. The first kappa shape index (κ1) is 19.2. The van der Waals surface area contributed by atoms with Crippen molar-refractivity contribution in [2.45, 2.75) is 49.5 Å². The summed E-state index contributed by atoms with van der Waals surface area (Å²) in [6.45, 7) is 0.308. The lowest BCUT2D eigenvalue weighted by molar-refractivity contribution is -0.120. The van der Waals surface area contributed by atoms with E-state index >= 15 is 0 Å². The molecule has 1 aliphatic heterocycles. The Balaban J connectivity index is 1.56. The molecular weight excluding hydrogens is 398 g/mol. The number of nitrogens with one attached hydrogen (secondary N) is 1. The van der Waals surface area contributed by atoms with Gasteiger partial charge in [-0.2, -0.15) is 4.31 Å². The van der Waals surface area contributed by atoms with Crippen molar-refractivity contribution in [3.8, 4) is 0 Å². The number of Topliss-reactive ketones (excluding diaryl/α,β-unsaturated/α-hetero) is 1. The minimum atomic E-state index is -3.76. The van der Waals surface area contributed by atoms with Crippen molar-refractivity contribution in [3.05, 3.63) is 40.9 Å². The highest BCUT2D eigenvalue weighted by atomic mass is 32.2. The summed E-state index contributed by atoms with van der Waals surface area (Å²) in [5.41, 5.74) is 0.731.